The standard InChI is InChI=1S/C15H28N2O6/c1-14(2,3)17(13(21)23-15(4,5)6)10(12(19)20)9-11(18)16(7)22-8/h10H,9H2,1-8H3,(H,19,20)/t10-/m0/s1. The summed E-state index contributed by atoms with van der Waals surface area (Å²) >= 11 is 0. The number of aliphatic carboxylic acids is 1. The largest absolute Gasteiger partial charge is 0.480 e. The molecule has 0 aliphatic rings. The number of hydrogen-bond donors (Lipinski definition) is 1. The summed E-state index contributed by atoms with van der Waals surface area (Å²) in [7, 11) is 2.67. The van der Waals surface area contributed by atoms with Crippen LogP contribution in [0.3, 0.4) is 0 Å². The molecule has 0 rings (SSSR count). The van der Waals surface area contributed by atoms with Crippen LogP contribution in [0.25, 0.3) is 0 Å². The lowest BCUT2D eigenvalue weighted by molar-refractivity contribution is -0.172. The van der Waals surface area contributed by atoms with Crippen molar-refractivity contribution in [2.75, 3.05) is 14.2 Å². The lowest BCUT2D eigenvalue weighted by atomic mass is 10.0. The highest BCUT2D eigenvalue weighted by Crippen LogP contribution is 2.23. The van der Waals surface area contributed by atoms with Gasteiger partial charge in [-0.1, -0.05) is 0 Å². The molecule has 1 N–H and O–H groups in total. The van der Waals surface area contributed by atoms with Crippen molar-refractivity contribution >= 4 is 18.0 Å². The average molecular weight is 332 g/mol. The van der Waals surface area contributed by atoms with E-state index in [9.17, 15) is 19.5 Å². The Morgan fingerprint density at radius 2 is 1.57 bits per heavy atom. The van der Waals surface area contributed by atoms with Gasteiger partial charge in [0, 0.05) is 12.6 Å². The van der Waals surface area contributed by atoms with Crippen molar-refractivity contribution in [2.24, 2.45) is 0 Å². The number of carboxylic acids is 1. The van der Waals surface area contributed by atoms with Crippen LogP contribution in [0, 0.1) is 0 Å². The van der Waals surface area contributed by atoms with E-state index in [-0.39, 0.29) is 0 Å². The fraction of sp³-hybridized carbons (Fsp3) is 0.800. The predicted octanol–water partition coefficient (Wildman–Crippen LogP) is 1.89. The molecule has 0 radical (unpaired) electrons. The Bertz CT molecular complexity index is 450. The van der Waals surface area contributed by atoms with E-state index < -0.39 is 41.6 Å². The number of rotatable bonds is 5. The highest BCUT2D eigenvalue weighted by Gasteiger charge is 2.41. The lowest BCUT2D eigenvalue weighted by Crippen LogP contribution is -2.57. The van der Waals surface area contributed by atoms with Gasteiger partial charge in [0.25, 0.3) is 0 Å². The average Bonchev–Trinajstić information content (AvgIpc) is 2.32. The molecule has 0 saturated carbocycles. The summed E-state index contributed by atoms with van der Waals surface area (Å²) in [6.07, 6.45) is -1.21. The SMILES string of the molecule is CON(C)C(=O)C[C@@H](C(=O)O)N(C(=O)OC(C)(C)C)C(C)(C)C. The third kappa shape index (κ3) is 6.85. The van der Waals surface area contributed by atoms with Crippen molar-refractivity contribution in [3.63, 3.8) is 0 Å². The lowest BCUT2D eigenvalue weighted by Gasteiger charge is -2.40. The first-order chi connectivity index (χ1) is 10.2. The Kier molecular flexibility index (Phi) is 7.02. The smallest absolute Gasteiger partial charge is 0.411 e. The van der Waals surface area contributed by atoms with Crippen molar-refractivity contribution in [3.8, 4) is 0 Å². The molecular weight excluding hydrogens is 304 g/mol. The summed E-state index contributed by atoms with van der Waals surface area (Å²) < 4.78 is 5.29. The van der Waals surface area contributed by atoms with E-state index in [1.165, 1.54) is 14.2 Å². The number of nitrogens with zero attached hydrogens (tertiary/aromatic N) is 2. The van der Waals surface area contributed by atoms with E-state index in [2.05, 4.69) is 0 Å². The molecule has 1 atom stereocenters. The molecule has 0 aromatic heterocycles. The second kappa shape index (κ2) is 7.63. The molecule has 0 bridgehead atoms. The number of ether oxygens (including phenoxy) is 1. The van der Waals surface area contributed by atoms with E-state index in [1.54, 1.807) is 41.5 Å². The van der Waals surface area contributed by atoms with E-state index in [4.69, 9.17) is 9.57 Å². The zero-order valence-electron chi connectivity index (χ0n) is 15.2. The number of carbonyl (C=O) groups excluding carboxylic acids is 2. The van der Waals surface area contributed by atoms with E-state index in [1.807, 2.05) is 0 Å². The van der Waals surface area contributed by atoms with Crippen LogP contribution in [0.1, 0.15) is 48.0 Å². The molecule has 134 valence electrons. The minimum absolute atomic E-state index is 0.420. The number of amides is 2. The third-order valence-electron chi connectivity index (χ3n) is 2.90. The normalized spacial score (nSPS) is 13.2. The molecule has 8 nitrogen and oxygen atoms in total. The van der Waals surface area contributed by atoms with Crippen LogP contribution < -0.4 is 0 Å². The third-order valence-corrected chi connectivity index (χ3v) is 2.90. The van der Waals surface area contributed by atoms with Crippen molar-refractivity contribution in [1.82, 2.24) is 9.96 Å². The summed E-state index contributed by atoms with van der Waals surface area (Å²) in [5.41, 5.74) is -1.63. The zero-order chi connectivity index (χ0) is 18.6. The Morgan fingerprint density at radius 1 is 1.09 bits per heavy atom. The molecule has 0 aliphatic heterocycles. The van der Waals surface area contributed by atoms with Crippen molar-refractivity contribution in [1.29, 1.82) is 0 Å². The van der Waals surface area contributed by atoms with Crippen LogP contribution in [0.5, 0.6) is 0 Å². The maximum Gasteiger partial charge on any atom is 0.411 e. The molecule has 8 heteroatoms. The summed E-state index contributed by atoms with van der Waals surface area (Å²) in [5.74, 6) is -1.85. The summed E-state index contributed by atoms with van der Waals surface area (Å²) in [5, 5.41) is 10.4. The van der Waals surface area contributed by atoms with Crippen molar-refractivity contribution in [3.05, 3.63) is 0 Å². The van der Waals surface area contributed by atoms with Gasteiger partial charge in [0.1, 0.15) is 11.6 Å². The fourth-order valence-electron chi connectivity index (χ4n) is 1.86. The topological polar surface area (TPSA) is 96.4 Å². The van der Waals surface area contributed by atoms with Gasteiger partial charge in [-0.05, 0) is 41.5 Å². The van der Waals surface area contributed by atoms with Gasteiger partial charge in [-0.3, -0.25) is 14.5 Å². The van der Waals surface area contributed by atoms with Gasteiger partial charge in [-0.15, -0.1) is 0 Å². The van der Waals surface area contributed by atoms with Crippen molar-refractivity contribution in [2.45, 2.75) is 65.1 Å². The second-order valence-electron chi connectivity index (χ2n) is 7.15. The molecule has 0 heterocycles. The Morgan fingerprint density at radius 3 is 1.87 bits per heavy atom. The van der Waals surface area contributed by atoms with Gasteiger partial charge in [-0.25, -0.2) is 14.7 Å². The van der Waals surface area contributed by atoms with E-state index >= 15 is 0 Å². The van der Waals surface area contributed by atoms with E-state index in [0.29, 0.717) is 0 Å². The molecule has 0 spiro atoms. The molecule has 0 unspecified atom stereocenters. The summed E-state index contributed by atoms with van der Waals surface area (Å²) in [4.78, 5) is 41.9. The van der Waals surface area contributed by atoms with Gasteiger partial charge in [0.05, 0.1) is 13.5 Å². The van der Waals surface area contributed by atoms with Crippen LogP contribution in [0.15, 0.2) is 0 Å². The first-order valence-electron chi connectivity index (χ1n) is 7.26. The minimum Gasteiger partial charge on any atom is -0.480 e. The van der Waals surface area contributed by atoms with Gasteiger partial charge >= 0.3 is 12.1 Å². The Hall–Kier alpha value is -1.83. The molecule has 2 amide bonds. The molecule has 0 aliphatic carbocycles. The molecule has 0 aromatic rings. The Labute approximate surface area is 137 Å². The number of hydrogen-bond acceptors (Lipinski definition) is 5. The number of carboxylic acid groups (broad SMARTS) is 1. The van der Waals surface area contributed by atoms with Gasteiger partial charge in [0.2, 0.25) is 5.91 Å². The zero-order valence-corrected chi connectivity index (χ0v) is 15.2. The van der Waals surface area contributed by atoms with Crippen LogP contribution in [-0.2, 0) is 19.2 Å². The predicted molar refractivity (Wildman–Crippen MR) is 83.6 cm³/mol. The Balaban J connectivity index is 5.58. The first kappa shape index (κ1) is 21.2. The van der Waals surface area contributed by atoms with Gasteiger partial charge < -0.3 is 9.84 Å². The maximum atomic E-state index is 12.5. The maximum absolute atomic E-state index is 12.5. The van der Waals surface area contributed by atoms with Crippen molar-refractivity contribution < 1.29 is 29.1 Å². The number of hydroxylamine groups is 2. The second-order valence-corrected chi connectivity index (χ2v) is 7.15. The molecule has 0 aromatic carbocycles. The highest BCUT2D eigenvalue weighted by atomic mass is 16.7. The van der Waals surface area contributed by atoms with Crippen LogP contribution in [0.2, 0.25) is 0 Å². The minimum atomic E-state index is -1.37. The molecule has 0 fully saturated rings. The highest BCUT2D eigenvalue weighted by molar-refractivity contribution is 5.87. The molecular formula is C15H28N2O6. The van der Waals surface area contributed by atoms with Gasteiger partial charge in [0.15, 0.2) is 0 Å². The summed E-state index contributed by atoms with van der Waals surface area (Å²) in [6, 6.07) is -1.37. The molecule has 0 saturated heterocycles. The molecule has 23 heavy (non-hydrogen) atoms. The summed E-state index contributed by atoms with van der Waals surface area (Å²) in [6.45, 7) is 10.1. The van der Waals surface area contributed by atoms with Gasteiger partial charge in [-0.2, -0.15) is 0 Å². The van der Waals surface area contributed by atoms with Crippen LogP contribution in [-0.4, -0.2) is 64.4 Å². The van der Waals surface area contributed by atoms with E-state index in [0.717, 1.165) is 9.96 Å². The number of carbonyl (C=O) groups is 3. The first-order valence-corrected chi connectivity index (χ1v) is 7.26. The quantitative estimate of drug-likeness (QED) is 0.772. The van der Waals surface area contributed by atoms with Crippen LogP contribution in [0.4, 0.5) is 4.79 Å². The van der Waals surface area contributed by atoms with Crippen LogP contribution >= 0.6 is 0 Å². The fourth-order valence-corrected chi connectivity index (χ4v) is 1.86. The monoisotopic (exact) mass is 332 g/mol.